The first-order valence-corrected chi connectivity index (χ1v) is 5.49. The van der Waals surface area contributed by atoms with Gasteiger partial charge in [-0.05, 0) is 12.8 Å². The molecule has 0 N–H and O–H groups in total. The molecule has 80 valence electrons. The highest BCUT2D eigenvalue weighted by atomic mass is 32.2. The van der Waals surface area contributed by atoms with Crippen LogP contribution in [-0.4, -0.2) is 19.2 Å². The third-order valence-electron chi connectivity index (χ3n) is 2.26. The molecule has 0 aromatic rings. The van der Waals surface area contributed by atoms with Crippen molar-refractivity contribution in [3.8, 4) is 0 Å². The molecule has 0 amide bonds. The van der Waals surface area contributed by atoms with Crippen molar-refractivity contribution in [2.45, 2.75) is 38.0 Å². The molecule has 2 unspecified atom stereocenters. The summed E-state index contributed by atoms with van der Waals surface area (Å²) in [5.41, 5.74) is -5.13. The molecule has 0 aromatic carbocycles. The fourth-order valence-electron chi connectivity index (χ4n) is 0.849. The second kappa shape index (κ2) is 3.86. The number of hydrogen-bond donors (Lipinski definition) is 0. The second-order valence-electron chi connectivity index (χ2n) is 3.08. The van der Waals surface area contributed by atoms with Crippen molar-refractivity contribution in [1.29, 1.82) is 0 Å². The van der Waals surface area contributed by atoms with Crippen LogP contribution in [0.2, 0.25) is 0 Å². The predicted octanol–water partition coefficient (Wildman–Crippen LogP) is 2.36. The van der Waals surface area contributed by atoms with E-state index >= 15 is 0 Å². The first-order valence-electron chi connectivity index (χ1n) is 3.94. The maximum atomic E-state index is 12.0. The Morgan fingerprint density at radius 2 is 1.62 bits per heavy atom. The van der Waals surface area contributed by atoms with Gasteiger partial charge >= 0.3 is 5.51 Å². The quantitative estimate of drug-likeness (QED) is 0.728. The highest BCUT2D eigenvalue weighted by molar-refractivity contribution is 7.92. The Hall–Kier alpha value is -0.260. The zero-order chi connectivity index (χ0) is 10.9. The van der Waals surface area contributed by atoms with Crippen molar-refractivity contribution in [2.24, 2.45) is 5.92 Å². The van der Waals surface area contributed by atoms with Crippen molar-refractivity contribution in [3.05, 3.63) is 0 Å². The SMILES string of the molecule is CCC(C)C(C)S(=O)(=O)C(F)(F)F. The van der Waals surface area contributed by atoms with E-state index in [0.717, 1.165) is 6.92 Å². The van der Waals surface area contributed by atoms with Crippen LogP contribution in [0.25, 0.3) is 0 Å². The molecule has 0 aliphatic heterocycles. The summed E-state index contributed by atoms with van der Waals surface area (Å²) in [6.07, 6.45) is 0.413. The van der Waals surface area contributed by atoms with Crippen molar-refractivity contribution >= 4 is 9.84 Å². The molecule has 0 heterocycles. The van der Waals surface area contributed by atoms with E-state index in [0.29, 0.717) is 6.42 Å². The van der Waals surface area contributed by atoms with Gasteiger partial charge in [-0.1, -0.05) is 20.3 Å². The average Bonchev–Trinajstić information content (AvgIpc) is 1.99. The molecule has 6 heteroatoms. The van der Waals surface area contributed by atoms with Gasteiger partial charge in [-0.15, -0.1) is 0 Å². The number of hydrogen-bond acceptors (Lipinski definition) is 2. The molecule has 0 fully saturated rings. The molecule has 2 atom stereocenters. The minimum atomic E-state index is -5.13. The molecule has 0 rings (SSSR count). The molecular weight excluding hydrogens is 205 g/mol. The number of sulfone groups is 1. The molecule has 0 radical (unpaired) electrons. The van der Waals surface area contributed by atoms with Gasteiger partial charge in [0.25, 0.3) is 9.84 Å². The average molecular weight is 218 g/mol. The summed E-state index contributed by atoms with van der Waals surface area (Å²) < 4.78 is 57.6. The van der Waals surface area contributed by atoms with Crippen molar-refractivity contribution < 1.29 is 21.6 Å². The normalized spacial score (nSPS) is 18.3. The summed E-state index contributed by atoms with van der Waals surface area (Å²) in [6, 6.07) is 0. The van der Waals surface area contributed by atoms with E-state index < -0.39 is 26.5 Å². The number of rotatable bonds is 3. The Morgan fingerprint density at radius 3 is 1.85 bits per heavy atom. The van der Waals surface area contributed by atoms with Crippen LogP contribution in [0.5, 0.6) is 0 Å². The lowest BCUT2D eigenvalue weighted by Gasteiger charge is -2.19. The topological polar surface area (TPSA) is 34.1 Å². The van der Waals surface area contributed by atoms with Crippen molar-refractivity contribution in [2.75, 3.05) is 0 Å². The number of halogens is 3. The zero-order valence-electron chi connectivity index (χ0n) is 7.72. The van der Waals surface area contributed by atoms with Gasteiger partial charge in [0, 0.05) is 0 Å². The van der Waals surface area contributed by atoms with Crippen molar-refractivity contribution in [3.63, 3.8) is 0 Å². The van der Waals surface area contributed by atoms with Crippen LogP contribution in [0.15, 0.2) is 0 Å². The molecule has 0 spiro atoms. The van der Waals surface area contributed by atoms with E-state index in [1.165, 1.54) is 6.92 Å². The summed E-state index contributed by atoms with van der Waals surface area (Å²) in [5.74, 6) is -0.480. The second-order valence-corrected chi connectivity index (χ2v) is 5.38. The maximum absolute atomic E-state index is 12.0. The lowest BCUT2D eigenvalue weighted by atomic mass is 10.1. The fraction of sp³-hybridized carbons (Fsp3) is 1.00. The Morgan fingerprint density at radius 1 is 1.23 bits per heavy atom. The molecular formula is C7H13F3O2S. The largest absolute Gasteiger partial charge is 0.497 e. The summed E-state index contributed by atoms with van der Waals surface area (Å²) in [5, 5.41) is -1.36. The van der Waals surface area contributed by atoms with Crippen LogP contribution in [-0.2, 0) is 9.84 Å². The minimum Gasteiger partial charge on any atom is -0.219 e. The lowest BCUT2D eigenvalue weighted by Crippen LogP contribution is -2.36. The van der Waals surface area contributed by atoms with Gasteiger partial charge in [-0.2, -0.15) is 13.2 Å². The van der Waals surface area contributed by atoms with Gasteiger partial charge in [0.15, 0.2) is 0 Å². The molecule has 0 aliphatic rings. The lowest BCUT2D eigenvalue weighted by molar-refractivity contribution is -0.0448. The smallest absolute Gasteiger partial charge is 0.219 e. The van der Waals surface area contributed by atoms with Gasteiger partial charge in [0.1, 0.15) is 0 Å². The third kappa shape index (κ3) is 2.59. The van der Waals surface area contributed by atoms with Crippen LogP contribution >= 0.6 is 0 Å². The van der Waals surface area contributed by atoms with Crippen molar-refractivity contribution in [1.82, 2.24) is 0 Å². The van der Waals surface area contributed by atoms with Gasteiger partial charge in [-0.3, -0.25) is 0 Å². The first-order chi connectivity index (χ1) is 5.64. The van der Waals surface area contributed by atoms with Crippen LogP contribution < -0.4 is 0 Å². The summed E-state index contributed by atoms with van der Waals surface area (Å²) >= 11 is 0. The highest BCUT2D eigenvalue weighted by Gasteiger charge is 2.49. The molecule has 0 saturated carbocycles. The van der Waals surface area contributed by atoms with Gasteiger partial charge in [0.2, 0.25) is 0 Å². The van der Waals surface area contributed by atoms with E-state index in [2.05, 4.69) is 0 Å². The van der Waals surface area contributed by atoms with Gasteiger partial charge in [0.05, 0.1) is 5.25 Å². The minimum absolute atomic E-state index is 0.413. The molecule has 0 aromatic heterocycles. The monoisotopic (exact) mass is 218 g/mol. The summed E-state index contributed by atoms with van der Waals surface area (Å²) in [4.78, 5) is 0. The Balaban J connectivity index is 4.87. The molecule has 0 bridgehead atoms. The Kier molecular flexibility index (Phi) is 3.78. The van der Waals surface area contributed by atoms with Crippen LogP contribution in [0, 0.1) is 5.92 Å². The standard InChI is InChI=1S/C7H13F3O2S/c1-4-5(2)6(3)13(11,12)7(8,9)10/h5-6H,4H2,1-3H3. The molecule has 13 heavy (non-hydrogen) atoms. The van der Waals surface area contributed by atoms with E-state index in [-0.39, 0.29) is 0 Å². The summed E-state index contributed by atoms with van der Waals surface area (Å²) in [6.45, 7) is 4.25. The number of alkyl halides is 3. The van der Waals surface area contributed by atoms with E-state index in [1.54, 1.807) is 6.92 Å². The highest BCUT2D eigenvalue weighted by Crippen LogP contribution is 2.30. The van der Waals surface area contributed by atoms with E-state index in [9.17, 15) is 21.6 Å². The predicted molar refractivity (Wildman–Crippen MR) is 43.9 cm³/mol. The Bertz CT molecular complexity index is 255. The zero-order valence-corrected chi connectivity index (χ0v) is 8.54. The van der Waals surface area contributed by atoms with Crippen LogP contribution in [0.4, 0.5) is 13.2 Å². The van der Waals surface area contributed by atoms with Gasteiger partial charge in [-0.25, -0.2) is 8.42 Å². The van der Waals surface area contributed by atoms with Crippen LogP contribution in [0.1, 0.15) is 27.2 Å². The molecule has 2 nitrogen and oxygen atoms in total. The van der Waals surface area contributed by atoms with E-state index in [1.807, 2.05) is 0 Å². The fourth-order valence-corrected chi connectivity index (χ4v) is 2.07. The van der Waals surface area contributed by atoms with Gasteiger partial charge < -0.3 is 0 Å². The molecule has 0 saturated heterocycles. The molecule has 0 aliphatic carbocycles. The van der Waals surface area contributed by atoms with E-state index in [4.69, 9.17) is 0 Å². The van der Waals surface area contributed by atoms with Crippen LogP contribution in [0.3, 0.4) is 0 Å². The Labute approximate surface area is 76.1 Å². The summed E-state index contributed by atoms with van der Waals surface area (Å²) in [7, 11) is -4.99. The first kappa shape index (κ1) is 12.7. The maximum Gasteiger partial charge on any atom is 0.497 e. The third-order valence-corrected chi connectivity index (χ3v) is 4.35.